The molecule has 0 aliphatic heterocycles. The second kappa shape index (κ2) is 3.51. The maximum Gasteiger partial charge on any atom is 0.409 e. The van der Waals surface area contributed by atoms with Gasteiger partial charge in [0.2, 0.25) is 0 Å². The van der Waals surface area contributed by atoms with Crippen molar-refractivity contribution in [2.24, 2.45) is 0 Å². The van der Waals surface area contributed by atoms with Crippen LogP contribution < -0.4 is 0 Å². The van der Waals surface area contributed by atoms with Gasteiger partial charge in [0.25, 0.3) is 0 Å². The van der Waals surface area contributed by atoms with E-state index in [0.717, 1.165) is 6.08 Å². The van der Waals surface area contributed by atoms with Crippen molar-refractivity contribution in [2.75, 3.05) is 0 Å². The monoisotopic (exact) mass is 188 g/mol. The Morgan fingerprint density at radius 2 is 1.62 bits per heavy atom. The summed E-state index contributed by atoms with van der Waals surface area (Å²) in [5, 5.41) is 8.84. The van der Waals surface area contributed by atoms with Crippen LogP contribution in [0.3, 0.4) is 0 Å². The molecule has 0 radical (unpaired) electrons. The zero-order chi connectivity index (χ0) is 9.90. The van der Waals surface area contributed by atoms with E-state index in [4.69, 9.17) is 5.11 Å². The highest BCUT2D eigenvalue weighted by Gasteiger charge is 2.21. The molecule has 0 heterocycles. The van der Waals surface area contributed by atoms with Gasteiger partial charge in [0, 0.05) is 6.08 Å². The Labute approximate surface area is 73.1 Å². The molecular weight excluding hydrogens is 181 g/mol. The predicted molar refractivity (Wildman–Crippen MR) is 43.2 cm³/mol. The molecule has 0 aromatic heterocycles. The van der Waals surface area contributed by atoms with E-state index in [1.54, 1.807) is 0 Å². The fourth-order valence-electron chi connectivity index (χ4n) is 0.776. The third-order valence-corrected chi connectivity index (χ3v) is 1.36. The number of aromatic hydroxyl groups is 1. The molecule has 1 nitrogen and oxygen atoms in total. The summed E-state index contributed by atoms with van der Waals surface area (Å²) in [5.74, 6) is 0.0316. The Hall–Kier alpha value is -1.45. The first-order valence-electron chi connectivity index (χ1n) is 3.52. The lowest BCUT2D eigenvalue weighted by Crippen LogP contribution is -1.99. The number of rotatable bonds is 1. The van der Waals surface area contributed by atoms with E-state index in [2.05, 4.69) is 0 Å². The molecular formula is C9H7F3O. The van der Waals surface area contributed by atoms with Gasteiger partial charge in [-0.15, -0.1) is 0 Å². The van der Waals surface area contributed by atoms with Crippen LogP contribution in [0.2, 0.25) is 0 Å². The Kier molecular flexibility index (Phi) is 2.60. The van der Waals surface area contributed by atoms with Crippen LogP contribution in [0, 0.1) is 0 Å². The number of allylic oxidation sites excluding steroid dienone is 1. The molecule has 1 rings (SSSR count). The van der Waals surface area contributed by atoms with E-state index < -0.39 is 6.18 Å². The molecule has 0 bridgehead atoms. The molecule has 0 fully saturated rings. The number of alkyl halides is 3. The van der Waals surface area contributed by atoms with E-state index >= 15 is 0 Å². The molecule has 70 valence electrons. The van der Waals surface area contributed by atoms with Crippen LogP contribution in [0.5, 0.6) is 5.75 Å². The van der Waals surface area contributed by atoms with Crippen molar-refractivity contribution < 1.29 is 18.3 Å². The number of phenols is 1. The first kappa shape index (κ1) is 9.64. The summed E-state index contributed by atoms with van der Waals surface area (Å²) in [7, 11) is 0. The lowest BCUT2D eigenvalue weighted by molar-refractivity contribution is -0.0790. The standard InChI is InChI=1S/C9H7F3O/c10-9(11,12)6-5-7-1-3-8(13)4-2-7/h1-6,13H/b6-5+. The highest BCUT2D eigenvalue weighted by atomic mass is 19.4. The van der Waals surface area contributed by atoms with E-state index in [-0.39, 0.29) is 11.8 Å². The quantitative estimate of drug-likeness (QED) is 0.718. The minimum Gasteiger partial charge on any atom is -0.508 e. The first-order valence-corrected chi connectivity index (χ1v) is 3.52. The minimum atomic E-state index is -4.29. The molecule has 0 atom stereocenters. The third-order valence-electron chi connectivity index (χ3n) is 1.36. The topological polar surface area (TPSA) is 20.2 Å². The van der Waals surface area contributed by atoms with Crippen molar-refractivity contribution in [3.05, 3.63) is 35.9 Å². The van der Waals surface area contributed by atoms with Crippen molar-refractivity contribution in [1.82, 2.24) is 0 Å². The summed E-state index contributed by atoms with van der Waals surface area (Å²) < 4.78 is 35.1. The smallest absolute Gasteiger partial charge is 0.409 e. The molecule has 0 unspecified atom stereocenters. The molecule has 1 aromatic carbocycles. The van der Waals surface area contributed by atoms with Gasteiger partial charge in [0.1, 0.15) is 5.75 Å². The van der Waals surface area contributed by atoms with Gasteiger partial charge in [-0.25, -0.2) is 0 Å². The largest absolute Gasteiger partial charge is 0.508 e. The summed E-state index contributed by atoms with van der Waals surface area (Å²) in [5.41, 5.74) is 0.398. The molecule has 1 N–H and O–H groups in total. The normalized spacial score (nSPS) is 12.2. The SMILES string of the molecule is Oc1ccc(/C=C/C(F)(F)F)cc1. The van der Waals surface area contributed by atoms with Crippen LogP contribution in [0.1, 0.15) is 5.56 Å². The Balaban J connectivity index is 2.75. The summed E-state index contributed by atoms with van der Waals surface area (Å²) in [6.07, 6.45) is -3.20. The van der Waals surface area contributed by atoms with Crippen LogP contribution in [0.25, 0.3) is 6.08 Å². The molecule has 0 spiro atoms. The van der Waals surface area contributed by atoms with Gasteiger partial charge >= 0.3 is 6.18 Å². The van der Waals surface area contributed by atoms with Gasteiger partial charge in [-0.05, 0) is 17.7 Å². The molecule has 1 aromatic rings. The van der Waals surface area contributed by atoms with Crippen LogP contribution in [-0.4, -0.2) is 11.3 Å². The number of phenolic OH excluding ortho intramolecular Hbond substituents is 1. The maximum absolute atomic E-state index is 11.7. The zero-order valence-corrected chi connectivity index (χ0v) is 6.55. The van der Waals surface area contributed by atoms with Gasteiger partial charge in [-0.2, -0.15) is 13.2 Å². The molecule has 4 heteroatoms. The van der Waals surface area contributed by atoms with Crippen LogP contribution >= 0.6 is 0 Å². The lowest BCUT2D eigenvalue weighted by Gasteiger charge is -1.97. The second-order valence-electron chi connectivity index (χ2n) is 2.47. The molecule has 0 saturated carbocycles. The van der Waals surface area contributed by atoms with E-state index in [1.807, 2.05) is 0 Å². The second-order valence-corrected chi connectivity index (χ2v) is 2.47. The van der Waals surface area contributed by atoms with Crippen molar-refractivity contribution in [2.45, 2.75) is 6.18 Å². The fourth-order valence-corrected chi connectivity index (χ4v) is 0.776. The van der Waals surface area contributed by atoms with Gasteiger partial charge in [-0.3, -0.25) is 0 Å². The summed E-state index contributed by atoms with van der Waals surface area (Å²) >= 11 is 0. The first-order chi connectivity index (χ1) is 5.97. The molecule has 0 aliphatic carbocycles. The molecule has 0 aliphatic rings. The predicted octanol–water partition coefficient (Wildman–Crippen LogP) is 2.97. The Morgan fingerprint density at radius 1 is 1.08 bits per heavy atom. The molecule has 0 amide bonds. The van der Waals surface area contributed by atoms with Crippen LogP contribution in [-0.2, 0) is 0 Å². The highest BCUT2D eigenvalue weighted by molar-refractivity contribution is 5.50. The lowest BCUT2D eigenvalue weighted by atomic mass is 10.2. The number of halogens is 3. The Bertz CT molecular complexity index is 298. The minimum absolute atomic E-state index is 0.0316. The van der Waals surface area contributed by atoms with Crippen molar-refractivity contribution >= 4 is 6.08 Å². The Morgan fingerprint density at radius 3 is 2.08 bits per heavy atom. The van der Waals surface area contributed by atoms with E-state index in [1.165, 1.54) is 24.3 Å². The zero-order valence-electron chi connectivity index (χ0n) is 6.55. The summed E-state index contributed by atoms with van der Waals surface area (Å²) in [4.78, 5) is 0. The number of benzene rings is 1. The van der Waals surface area contributed by atoms with E-state index in [0.29, 0.717) is 5.56 Å². The van der Waals surface area contributed by atoms with Crippen molar-refractivity contribution in [3.8, 4) is 5.75 Å². The third kappa shape index (κ3) is 3.64. The van der Waals surface area contributed by atoms with Gasteiger partial charge < -0.3 is 5.11 Å². The average Bonchev–Trinajstić information content (AvgIpc) is 2.02. The van der Waals surface area contributed by atoms with Gasteiger partial charge in [0.05, 0.1) is 0 Å². The van der Waals surface area contributed by atoms with Crippen molar-refractivity contribution in [3.63, 3.8) is 0 Å². The maximum atomic E-state index is 11.7. The van der Waals surface area contributed by atoms with Crippen LogP contribution in [0.4, 0.5) is 13.2 Å². The van der Waals surface area contributed by atoms with E-state index in [9.17, 15) is 13.2 Å². The highest BCUT2D eigenvalue weighted by Crippen LogP contribution is 2.18. The number of hydrogen-bond acceptors (Lipinski definition) is 1. The van der Waals surface area contributed by atoms with Crippen molar-refractivity contribution in [1.29, 1.82) is 0 Å². The average molecular weight is 188 g/mol. The summed E-state index contributed by atoms with van der Waals surface area (Å²) in [6, 6.07) is 5.46. The number of hydrogen-bond donors (Lipinski definition) is 1. The van der Waals surface area contributed by atoms with Crippen LogP contribution in [0.15, 0.2) is 30.3 Å². The molecule has 13 heavy (non-hydrogen) atoms. The molecule has 0 saturated heterocycles. The van der Waals surface area contributed by atoms with Gasteiger partial charge in [-0.1, -0.05) is 18.2 Å². The summed E-state index contributed by atoms with van der Waals surface area (Å²) in [6.45, 7) is 0. The van der Waals surface area contributed by atoms with Gasteiger partial charge in [0.15, 0.2) is 0 Å². The fraction of sp³-hybridized carbons (Fsp3) is 0.111.